The van der Waals surface area contributed by atoms with E-state index in [-0.39, 0.29) is 12.0 Å². The largest absolute Gasteiger partial charge is 0.396 e. The zero-order chi connectivity index (χ0) is 16.2. The highest BCUT2D eigenvalue weighted by atomic mass is 16.5. The molecule has 132 valence electrons. The number of aliphatic hydroxyl groups is 1. The molecule has 3 aliphatic rings. The van der Waals surface area contributed by atoms with Crippen LogP contribution in [0, 0.1) is 16.7 Å². The summed E-state index contributed by atoms with van der Waals surface area (Å²) < 4.78 is 5.56. The first-order valence-electron chi connectivity index (χ1n) is 9.43. The maximum atomic E-state index is 9.34. The average molecular weight is 323 g/mol. The number of hydrogen-bond donors (Lipinski definition) is 3. The van der Waals surface area contributed by atoms with Gasteiger partial charge in [0.1, 0.15) is 0 Å². The molecule has 0 aromatic heterocycles. The molecule has 0 radical (unpaired) electrons. The number of nitrogens with zero attached hydrogens (tertiary/aromatic N) is 1. The molecule has 5 nitrogen and oxygen atoms in total. The summed E-state index contributed by atoms with van der Waals surface area (Å²) in [5, 5.41) is 16.3. The molecule has 0 aromatic carbocycles. The Balaban J connectivity index is 1.56. The number of hydrogen-bond acceptors (Lipinski definition) is 3. The van der Waals surface area contributed by atoms with Crippen LogP contribution >= 0.6 is 0 Å². The van der Waals surface area contributed by atoms with E-state index in [1.807, 2.05) is 0 Å². The number of nitrogens with one attached hydrogen (secondary N) is 2. The van der Waals surface area contributed by atoms with Crippen molar-refractivity contribution in [3.8, 4) is 0 Å². The van der Waals surface area contributed by atoms with Crippen LogP contribution in [0.15, 0.2) is 4.99 Å². The van der Waals surface area contributed by atoms with Gasteiger partial charge < -0.3 is 20.5 Å². The predicted molar refractivity (Wildman–Crippen MR) is 92.6 cm³/mol. The smallest absolute Gasteiger partial charge is 0.191 e. The summed E-state index contributed by atoms with van der Waals surface area (Å²) in [7, 11) is 0. The van der Waals surface area contributed by atoms with Gasteiger partial charge >= 0.3 is 0 Å². The van der Waals surface area contributed by atoms with Gasteiger partial charge in [-0.15, -0.1) is 0 Å². The topological polar surface area (TPSA) is 65.9 Å². The molecule has 0 spiro atoms. The zero-order valence-electron chi connectivity index (χ0n) is 14.6. The van der Waals surface area contributed by atoms with Crippen LogP contribution in [0.1, 0.15) is 51.9 Å². The molecule has 0 bridgehead atoms. The number of aliphatic hydroxyl groups excluding tert-OH is 1. The van der Waals surface area contributed by atoms with E-state index in [1.165, 1.54) is 32.1 Å². The summed E-state index contributed by atoms with van der Waals surface area (Å²) in [6.45, 7) is 6.53. The molecule has 5 heteroatoms. The molecule has 3 fully saturated rings. The van der Waals surface area contributed by atoms with E-state index < -0.39 is 0 Å². The molecule has 23 heavy (non-hydrogen) atoms. The minimum absolute atomic E-state index is 0.0295. The lowest BCUT2D eigenvalue weighted by Crippen LogP contribution is -2.48. The van der Waals surface area contributed by atoms with Gasteiger partial charge in [-0.3, -0.25) is 4.99 Å². The Bertz CT molecular complexity index is 410. The summed E-state index contributed by atoms with van der Waals surface area (Å²) in [5.41, 5.74) is 0.581. The molecule has 1 aliphatic heterocycles. The molecular weight excluding hydrogens is 290 g/mol. The van der Waals surface area contributed by atoms with Gasteiger partial charge in [0.15, 0.2) is 5.96 Å². The van der Waals surface area contributed by atoms with E-state index in [9.17, 15) is 5.11 Å². The van der Waals surface area contributed by atoms with Crippen LogP contribution in [0.5, 0.6) is 0 Å². The van der Waals surface area contributed by atoms with Crippen LogP contribution in [0.4, 0.5) is 0 Å². The standard InChI is InChI=1S/C18H33N3O2/c1-2-19-16(20-12-17(8-10-22)9-11-23-14-17)21-13-18(6-3-7-18)15-4-5-15/h15,22H,2-14H2,1H3,(H2,19,20,21). The summed E-state index contributed by atoms with van der Waals surface area (Å²) in [6.07, 6.45) is 8.78. The molecule has 2 saturated carbocycles. The fraction of sp³-hybridized carbons (Fsp3) is 0.944. The highest BCUT2D eigenvalue weighted by Gasteiger charge is 2.48. The van der Waals surface area contributed by atoms with E-state index in [4.69, 9.17) is 9.73 Å². The Morgan fingerprint density at radius 2 is 2.09 bits per heavy atom. The van der Waals surface area contributed by atoms with E-state index in [0.29, 0.717) is 5.41 Å². The van der Waals surface area contributed by atoms with Crippen molar-refractivity contribution in [2.45, 2.75) is 51.9 Å². The molecule has 1 heterocycles. The third-order valence-electron chi connectivity index (χ3n) is 6.14. The van der Waals surface area contributed by atoms with Crippen LogP contribution in [-0.4, -0.2) is 50.5 Å². The lowest BCUT2D eigenvalue weighted by molar-refractivity contribution is 0.105. The molecule has 0 amide bonds. The summed E-state index contributed by atoms with van der Waals surface area (Å²) in [6, 6.07) is 0. The molecule has 3 N–H and O–H groups in total. The van der Waals surface area contributed by atoms with Crippen molar-refractivity contribution in [3.05, 3.63) is 0 Å². The van der Waals surface area contributed by atoms with Gasteiger partial charge in [0.2, 0.25) is 0 Å². The fourth-order valence-corrected chi connectivity index (χ4v) is 4.19. The fourth-order valence-electron chi connectivity index (χ4n) is 4.19. The second-order valence-corrected chi connectivity index (χ2v) is 7.82. The third-order valence-corrected chi connectivity index (χ3v) is 6.14. The number of aliphatic imine (C=N–C) groups is 1. The van der Waals surface area contributed by atoms with Crippen molar-refractivity contribution in [2.24, 2.45) is 21.7 Å². The predicted octanol–water partition coefficient (Wildman–Crippen LogP) is 1.91. The molecule has 1 saturated heterocycles. The number of rotatable bonds is 8. The van der Waals surface area contributed by atoms with E-state index in [2.05, 4.69) is 17.6 Å². The first-order valence-corrected chi connectivity index (χ1v) is 9.43. The van der Waals surface area contributed by atoms with Gasteiger partial charge in [0, 0.05) is 31.7 Å². The van der Waals surface area contributed by atoms with E-state index in [1.54, 1.807) is 0 Å². The molecule has 1 atom stereocenters. The normalized spacial score (nSPS) is 30.1. The summed E-state index contributed by atoms with van der Waals surface area (Å²) >= 11 is 0. The van der Waals surface area contributed by atoms with Crippen LogP contribution < -0.4 is 10.6 Å². The van der Waals surface area contributed by atoms with Crippen LogP contribution in [0.3, 0.4) is 0 Å². The SMILES string of the molecule is CCNC(=NCC1(CCO)CCOC1)NCC1(C2CC2)CCC1. The molecule has 3 rings (SSSR count). The Kier molecular flexibility index (Phi) is 5.47. The summed E-state index contributed by atoms with van der Waals surface area (Å²) in [4.78, 5) is 4.83. The van der Waals surface area contributed by atoms with Crippen molar-refractivity contribution in [3.63, 3.8) is 0 Å². The minimum Gasteiger partial charge on any atom is -0.396 e. The zero-order valence-corrected chi connectivity index (χ0v) is 14.6. The second-order valence-electron chi connectivity index (χ2n) is 7.82. The Morgan fingerprint density at radius 3 is 2.61 bits per heavy atom. The lowest BCUT2D eigenvalue weighted by atomic mass is 9.65. The van der Waals surface area contributed by atoms with Crippen molar-refractivity contribution in [1.29, 1.82) is 0 Å². The van der Waals surface area contributed by atoms with E-state index >= 15 is 0 Å². The first-order chi connectivity index (χ1) is 11.2. The van der Waals surface area contributed by atoms with Crippen molar-refractivity contribution in [1.82, 2.24) is 10.6 Å². The first kappa shape index (κ1) is 17.0. The highest BCUT2D eigenvalue weighted by molar-refractivity contribution is 5.79. The molecule has 0 aromatic rings. The molecule has 2 aliphatic carbocycles. The molecular formula is C18H33N3O2. The summed E-state index contributed by atoms with van der Waals surface area (Å²) in [5.74, 6) is 1.89. The highest BCUT2D eigenvalue weighted by Crippen LogP contribution is 2.56. The Hall–Kier alpha value is -0.810. The third kappa shape index (κ3) is 4.00. The molecule has 1 unspecified atom stereocenters. The average Bonchev–Trinajstić information content (AvgIpc) is 3.24. The van der Waals surface area contributed by atoms with E-state index in [0.717, 1.165) is 57.6 Å². The van der Waals surface area contributed by atoms with Gasteiger partial charge in [0.25, 0.3) is 0 Å². The van der Waals surface area contributed by atoms with Crippen molar-refractivity contribution in [2.75, 3.05) is 39.5 Å². The maximum absolute atomic E-state index is 9.34. The monoisotopic (exact) mass is 323 g/mol. The van der Waals surface area contributed by atoms with Gasteiger partial charge in [0.05, 0.1) is 13.2 Å². The second kappa shape index (κ2) is 7.39. The number of ether oxygens (including phenoxy) is 1. The van der Waals surface area contributed by atoms with Crippen LogP contribution in [-0.2, 0) is 4.74 Å². The van der Waals surface area contributed by atoms with Gasteiger partial charge in [-0.1, -0.05) is 6.42 Å². The minimum atomic E-state index is 0.0295. The quantitative estimate of drug-likeness (QED) is 0.471. The van der Waals surface area contributed by atoms with Crippen molar-refractivity contribution < 1.29 is 9.84 Å². The van der Waals surface area contributed by atoms with Crippen molar-refractivity contribution >= 4 is 5.96 Å². The number of guanidine groups is 1. The Labute approximate surface area is 140 Å². The lowest BCUT2D eigenvalue weighted by Gasteiger charge is -2.43. The van der Waals surface area contributed by atoms with Crippen LogP contribution in [0.2, 0.25) is 0 Å². The van der Waals surface area contributed by atoms with Gasteiger partial charge in [-0.2, -0.15) is 0 Å². The Morgan fingerprint density at radius 1 is 1.26 bits per heavy atom. The maximum Gasteiger partial charge on any atom is 0.191 e. The van der Waals surface area contributed by atoms with Gasteiger partial charge in [-0.05, 0) is 56.8 Å². The van der Waals surface area contributed by atoms with Gasteiger partial charge in [-0.25, -0.2) is 0 Å². The van der Waals surface area contributed by atoms with Crippen LogP contribution in [0.25, 0.3) is 0 Å².